The van der Waals surface area contributed by atoms with Crippen LogP contribution >= 0.6 is 0 Å². The van der Waals surface area contributed by atoms with Gasteiger partial charge < -0.3 is 10.2 Å². The highest BCUT2D eigenvalue weighted by Crippen LogP contribution is 2.25. The van der Waals surface area contributed by atoms with Crippen LogP contribution < -0.4 is 15.9 Å². The van der Waals surface area contributed by atoms with E-state index in [1.54, 1.807) is 23.9 Å². The van der Waals surface area contributed by atoms with Gasteiger partial charge in [-0.25, -0.2) is 14.8 Å². The van der Waals surface area contributed by atoms with Crippen LogP contribution in [0.25, 0.3) is 11.2 Å². The monoisotopic (exact) mass is 433 g/mol. The van der Waals surface area contributed by atoms with Crippen LogP contribution in [0.2, 0.25) is 0 Å². The maximum atomic E-state index is 12.8. The van der Waals surface area contributed by atoms with E-state index in [1.165, 1.54) is 0 Å². The number of nitrogens with zero attached hydrogens (tertiary/aromatic N) is 6. The summed E-state index contributed by atoms with van der Waals surface area (Å²) in [4.78, 5) is 24.0. The Morgan fingerprint density at radius 2 is 2.09 bits per heavy atom. The molecule has 1 fully saturated rings. The van der Waals surface area contributed by atoms with Gasteiger partial charge in [-0.2, -0.15) is 5.26 Å². The predicted octanol–water partition coefficient (Wildman–Crippen LogP) is 3.38. The molecule has 0 aromatic carbocycles. The second-order valence-corrected chi connectivity index (χ2v) is 9.88. The number of rotatable bonds is 5. The topological polar surface area (TPSA) is 91.8 Å². The number of pyridine rings is 2. The fourth-order valence-corrected chi connectivity index (χ4v) is 4.37. The summed E-state index contributed by atoms with van der Waals surface area (Å²) in [6.07, 6.45) is 3.89. The van der Waals surface area contributed by atoms with E-state index in [4.69, 9.17) is 10.2 Å². The van der Waals surface area contributed by atoms with Crippen molar-refractivity contribution in [2.24, 2.45) is 18.4 Å². The summed E-state index contributed by atoms with van der Waals surface area (Å²) in [5, 5.41) is 12.5. The fourth-order valence-electron chi connectivity index (χ4n) is 4.37. The maximum Gasteiger partial charge on any atom is 0.330 e. The minimum absolute atomic E-state index is 0.00664. The Hall–Kier alpha value is -3.34. The number of anilines is 2. The summed E-state index contributed by atoms with van der Waals surface area (Å²) >= 11 is 0. The van der Waals surface area contributed by atoms with Gasteiger partial charge in [-0.1, -0.05) is 20.8 Å². The van der Waals surface area contributed by atoms with Crippen LogP contribution in [0.15, 0.2) is 35.3 Å². The molecule has 4 heterocycles. The molecule has 0 saturated carbocycles. The summed E-state index contributed by atoms with van der Waals surface area (Å²) in [5.74, 6) is 1.38. The number of hydrogen-bond acceptors (Lipinski definition) is 6. The first-order valence-corrected chi connectivity index (χ1v) is 11.2. The molecule has 3 aromatic heterocycles. The fraction of sp³-hybridized carbons (Fsp3) is 0.500. The first-order valence-electron chi connectivity index (χ1n) is 11.2. The van der Waals surface area contributed by atoms with E-state index in [1.807, 2.05) is 22.8 Å². The quantitative estimate of drug-likeness (QED) is 0.663. The van der Waals surface area contributed by atoms with Crippen molar-refractivity contribution in [1.82, 2.24) is 19.1 Å². The number of imidazole rings is 1. The zero-order valence-corrected chi connectivity index (χ0v) is 19.3. The average molecular weight is 434 g/mol. The number of nitrogens with one attached hydrogen (secondary N) is 1. The van der Waals surface area contributed by atoms with Crippen molar-refractivity contribution in [2.45, 2.75) is 40.2 Å². The van der Waals surface area contributed by atoms with E-state index < -0.39 is 0 Å². The van der Waals surface area contributed by atoms with E-state index in [-0.39, 0.29) is 11.1 Å². The molecule has 32 heavy (non-hydrogen) atoms. The van der Waals surface area contributed by atoms with E-state index in [0.717, 1.165) is 55.1 Å². The first kappa shape index (κ1) is 21.9. The van der Waals surface area contributed by atoms with Crippen molar-refractivity contribution < 1.29 is 0 Å². The standard InChI is InChI=1S/C24H31N7O/c1-24(2,3)16-31-20-7-8-21(28-22(20)29(4)23(31)32)30-11-5-6-17(15-30)14-27-18-9-10-26-19(12-18)13-25/h7-10,12,17H,5-6,11,14-16H2,1-4H3,(H,26,27). The van der Waals surface area contributed by atoms with Gasteiger partial charge in [0.15, 0.2) is 5.65 Å². The molecule has 0 bridgehead atoms. The van der Waals surface area contributed by atoms with Crippen LogP contribution in [0, 0.1) is 22.7 Å². The van der Waals surface area contributed by atoms with Crippen molar-refractivity contribution in [2.75, 3.05) is 29.9 Å². The van der Waals surface area contributed by atoms with Crippen LogP contribution in [0.5, 0.6) is 0 Å². The largest absolute Gasteiger partial charge is 0.385 e. The number of hydrogen-bond donors (Lipinski definition) is 1. The van der Waals surface area contributed by atoms with Crippen molar-refractivity contribution in [3.63, 3.8) is 0 Å². The molecular weight excluding hydrogens is 402 g/mol. The van der Waals surface area contributed by atoms with E-state index in [0.29, 0.717) is 18.2 Å². The Kier molecular flexibility index (Phi) is 5.92. The summed E-state index contributed by atoms with van der Waals surface area (Å²) in [7, 11) is 1.80. The van der Waals surface area contributed by atoms with Gasteiger partial charge >= 0.3 is 5.69 Å². The Morgan fingerprint density at radius 3 is 2.84 bits per heavy atom. The van der Waals surface area contributed by atoms with Gasteiger partial charge in [0.2, 0.25) is 0 Å². The maximum absolute atomic E-state index is 12.8. The van der Waals surface area contributed by atoms with Gasteiger partial charge in [-0.15, -0.1) is 0 Å². The molecule has 4 rings (SSSR count). The molecule has 1 unspecified atom stereocenters. The molecule has 1 aliphatic heterocycles. The summed E-state index contributed by atoms with van der Waals surface area (Å²) in [6.45, 7) is 9.75. The lowest BCUT2D eigenvalue weighted by atomic mass is 9.97. The minimum Gasteiger partial charge on any atom is -0.385 e. The predicted molar refractivity (Wildman–Crippen MR) is 127 cm³/mol. The molecule has 8 heteroatoms. The third kappa shape index (κ3) is 4.62. The van der Waals surface area contributed by atoms with Gasteiger partial charge in [-0.05, 0) is 48.4 Å². The Labute approximate surface area is 188 Å². The summed E-state index contributed by atoms with van der Waals surface area (Å²) in [6, 6.07) is 9.82. The molecule has 0 radical (unpaired) electrons. The molecule has 1 N–H and O–H groups in total. The Balaban J connectivity index is 1.50. The zero-order valence-electron chi connectivity index (χ0n) is 19.3. The Morgan fingerprint density at radius 1 is 1.28 bits per heavy atom. The van der Waals surface area contributed by atoms with Gasteiger partial charge in [0.25, 0.3) is 0 Å². The number of nitriles is 1. The van der Waals surface area contributed by atoms with E-state index >= 15 is 0 Å². The van der Waals surface area contributed by atoms with Crippen LogP contribution in [0.3, 0.4) is 0 Å². The molecule has 0 amide bonds. The highest BCUT2D eigenvalue weighted by Gasteiger charge is 2.23. The molecule has 1 saturated heterocycles. The van der Waals surface area contributed by atoms with Crippen molar-refractivity contribution >= 4 is 22.7 Å². The smallest absolute Gasteiger partial charge is 0.330 e. The van der Waals surface area contributed by atoms with Crippen molar-refractivity contribution in [1.29, 1.82) is 5.26 Å². The van der Waals surface area contributed by atoms with Crippen LogP contribution in [-0.2, 0) is 13.6 Å². The zero-order chi connectivity index (χ0) is 22.9. The normalized spacial score (nSPS) is 16.8. The number of piperidine rings is 1. The highest BCUT2D eigenvalue weighted by molar-refractivity contribution is 5.74. The second kappa shape index (κ2) is 8.65. The second-order valence-electron chi connectivity index (χ2n) is 9.88. The van der Waals surface area contributed by atoms with Crippen LogP contribution in [-0.4, -0.2) is 38.7 Å². The lowest BCUT2D eigenvalue weighted by Gasteiger charge is -2.34. The third-order valence-corrected chi connectivity index (χ3v) is 5.91. The van der Waals surface area contributed by atoms with E-state index in [9.17, 15) is 4.79 Å². The van der Waals surface area contributed by atoms with Gasteiger partial charge in [0.05, 0.1) is 5.52 Å². The molecule has 3 aromatic rings. The molecule has 0 spiro atoms. The minimum atomic E-state index is -0.0191. The summed E-state index contributed by atoms with van der Waals surface area (Å²) in [5.41, 5.74) is 2.95. The average Bonchev–Trinajstić information content (AvgIpc) is 3.01. The first-order chi connectivity index (χ1) is 15.2. The molecule has 1 atom stereocenters. The highest BCUT2D eigenvalue weighted by atomic mass is 16.1. The number of aromatic nitrogens is 4. The van der Waals surface area contributed by atoms with Gasteiger partial charge in [-0.3, -0.25) is 9.13 Å². The SMILES string of the molecule is Cn1c(=O)n(CC(C)(C)C)c2ccc(N3CCCC(CNc4ccnc(C#N)c4)C3)nc21. The van der Waals surface area contributed by atoms with Crippen molar-refractivity contribution in [3.8, 4) is 6.07 Å². The van der Waals surface area contributed by atoms with Gasteiger partial charge in [0.1, 0.15) is 17.6 Å². The van der Waals surface area contributed by atoms with Crippen molar-refractivity contribution in [3.05, 3.63) is 46.6 Å². The van der Waals surface area contributed by atoms with E-state index in [2.05, 4.69) is 42.0 Å². The number of aryl methyl sites for hydroxylation is 1. The summed E-state index contributed by atoms with van der Waals surface area (Å²) < 4.78 is 3.49. The number of fused-ring (bicyclic) bond motifs is 1. The molecule has 1 aliphatic rings. The van der Waals surface area contributed by atoms with Crippen LogP contribution in [0.4, 0.5) is 11.5 Å². The lowest BCUT2D eigenvalue weighted by Crippen LogP contribution is -2.38. The Bertz CT molecular complexity index is 1210. The molecule has 168 valence electrons. The molecule has 8 nitrogen and oxygen atoms in total. The molecular formula is C24H31N7O. The van der Waals surface area contributed by atoms with Crippen LogP contribution in [0.1, 0.15) is 39.3 Å². The van der Waals surface area contributed by atoms with Gasteiger partial charge in [0, 0.05) is 45.1 Å². The molecule has 0 aliphatic carbocycles. The lowest BCUT2D eigenvalue weighted by molar-refractivity contribution is 0.342. The third-order valence-electron chi connectivity index (χ3n) is 5.91.